The number of aliphatic hydroxyl groups is 1. The van der Waals surface area contributed by atoms with Gasteiger partial charge in [-0.1, -0.05) is 154 Å². The number of thiazole rings is 1. The molecule has 0 saturated carbocycles. The number of aromatic nitrogens is 1. The van der Waals surface area contributed by atoms with Gasteiger partial charge in [0.15, 0.2) is 5.17 Å². The molecule has 5 heterocycles. The average molecular weight is 1200 g/mol. The predicted octanol–water partition coefficient (Wildman–Crippen LogP) is 6.35. The first-order valence-corrected chi connectivity index (χ1v) is 29.7. The van der Waals surface area contributed by atoms with E-state index in [1.807, 2.05) is 48.5 Å². The first kappa shape index (κ1) is 70.0. The number of nitrogens with one attached hydrogen (secondary N) is 3. The number of nitrogens with zero attached hydrogens (tertiary/aromatic N) is 3. The Hall–Kier alpha value is -3.96. The van der Waals surface area contributed by atoms with E-state index >= 15 is 0 Å². The number of ether oxygens (including phenoxy) is 1. The zero-order valence-electron chi connectivity index (χ0n) is 43.8. The predicted molar refractivity (Wildman–Crippen MR) is 298 cm³/mol. The third-order valence-electron chi connectivity index (χ3n) is 10.6. The van der Waals surface area contributed by atoms with Crippen molar-refractivity contribution in [3.8, 4) is 0 Å². The molecule has 0 spiro atoms. The standard InChI is InChI=1S/C9H16N2O3S.C9H14N2O3S.C9H14N2O2S.C7H13BrO2.C6H10N2OS.C6H9NO2S/c2*1-3-4-6-8(13)11(9(14)15-6)5(2)7(10)12;1-3-4-7-5-11(9(13)14-7)6(2)8(10)12;1-3-5-6(8)7(9)10-4-2;1-2-3-4-5(9)8-6(7)10-4;1-2-3-4-5(8)7-6(9)10-4/h5-6,8,13H,3-4H2,1-2H3,(H2,10,12);5-6H,3-4H2,1-2H3,(H2,10,12);5-6H,3-4H2,1-2H3,(H2,10,12);6H,3-5H2,1-2H3;4H,2-3H2,1H3,(H2,7,8,9);4H,2-3H2,1H3,(H,7,8,9). The highest BCUT2D eigenvalue weighted by atomic mass is 79.9. The van der Waals surface area contributed by atoms with Gasteiger partial charge in [0.05, 0.1) is 27.6 Å². The zero-order valence-corrected chi connectivity index (χ0v) is 49.5. The van der Waals surface area contributed by atoms with Crippen LogP contribution >= 0.6 is 74.3 Å². The molecule has 1 aromatic heterocycles. The van der Waals surface area contributed by atoms with Crippen LogP contribution < -0.4 is 32.7 Å². The van der Waals surface area contributed by atoms with Crippen molar-refractivity contribution in [3.63, 3.8) is 0 Å². The number of halogens is 1. The lowest BCUT2D eigenvalue weighted by Crippen LogP contribution is -2.48. The number of esters is 1. The number of aliphatic hydroxyl groups excluding tert-OH is 1. The Morgan fingerprint density at radius 1 is 0.689 bits per heavy atom. The fourth-order valence-corrected chi connectivity index (χ4v) is 12.4. The maximum Gasteiger partial charge on any atom is 0.319 e. The summed E-state index contributed by atoms with van der Waals surface area (Å²) in [7, 11) is 0. The topological polar surface area (TPSA) is 355 Å². The molecule has 5 rings (SSSR count). The van der Waals surface area contributed by atoms with Gasteiger partial charge in [0.1, 0.15) is 29.2 Å². The fourth-order valence-electron chi connectivity index (χ4n) is 6.44. The van der Waals surface area contributed by atoms with Gasteiger partial charge in [-0.15, -0.1) is 0 Å². The number of alkyl halides is 1. The monoisotopic (exact) mass is 1200 g/mol. The molecule has 4 saturated heterocycles. The molecule has 0 bridgehead atoms. The molecule has 1 aromatic rings. The van der Waals surface area contributed by atoms with Gasteiger partial charge in [-0.2, -0.15) is 0 Å². The largest absolute Gasteiger partial charge is 0.465 e. The summed E-state index contributed by atoms with van der Waals surface area (Å²) < 4.78 is 6.17. The molecule has 4 fully saturated rings. The van der Waals surface area contributed by atoms with Crippen LogP contribution in [0.4, 0.5) is 14.4 Å². The molecule has 4 aliphatic rings. The molecule has 74 heavy (non-hydrogen) atoms. The van der Waals surface area contributed by atoms with Gasteiger partial charge in [0, 0.05) is 11.1 Å². The maximum absolute atomic E-state index is 11.7. The highest BCUT2D eigenvalue weighted by molar-refractivity contribution is 9.10. The van der Waals surface area contributed by atoms with Crippen LogP contribution in [-0.2, 0) is 44.7 Å². The maximum atomic E-state index is 11.7. The lowest BCUT2D eigenvalue weighted by molar-refractivity contribution is -0.142. The smallest absolute Gasteiger partial charge is 0.319 e. The van der Waals surface area contributed by atoms with Crippen LogP contribution in [-0.4, -0.2) is 133 Å². The van der Waals surface area contributed by atoms with Gasteiger partial charge in [-0.05, 0) is 66.2 Å². The second-order valence-electron chi connectivity index (χ2n) is 16.7. The SMILES string of the molecule is CCCC(Br)C(=O)OCC.CCCC1SC(=N)NC1=O.CCCC1SC(=O)N(C(C)C(N)=O)C1=O.CCCC1SC(=O)N(C(C)C(N)=O)C1O.CCCC1SC(=O)NC1=O.CCCc1cn(C(C)C(N)=O)c(=O)s1. The number of carbonyl (C=O) groups is 10. The molecule has 9 atom stereocenters. The van der Waals surface area contributed by atoms with Crippen LogP contribution in [0.15, 0.2) is 11.0 Å². The number of thioether (sulfide) groups is 4. The molecule has 28 heteroatoms. The van der Waals surface area contributed by atoms with Crippen molar-refractivity contribution in [1.29, 1.82) is 5.41 Å². The molecule has 4 aliphatic heterocycles. The molecular weight excluding hydrogens is 1130 g/mol. The Morgan fingerprint density at radius 2 is 1.20 bits per heavy atom. The van der Waals surface area contributed by atoms with E-state index in [1.54, 1.807) is 13.1 Å². The summed E-state index contributed by atoms with van der Waals surface area (Å²) in [5.41, 5.74) is 15.3. The van der Waals surface area contributed by atoms with Crippen molar-refractivity contribution in [1.82, 2.24) is 25.0 Å². The van der Waals surface area contributed by atoms with E-state index in [9.17, 15) is 57.8 Å². The number of imide groups is 2. The van der Waals surface area contributed by atoms with Gasteiger partial charge in [-0.25, -0.2) is 0 Å². The van der Waals surface area contributed by atoms with Crippen molar-refractivity contribution >= 4 is 137 Å². The normalized spacial score (nSPS) is 21.4. The van der Waals surface area contributed by atoms with Crippen LogP contribution in [0.5, 0.6) is 0 Å². The Bertz CT molecular complexity index is 2100. The first-order valence-electron chi connectivity index (χ1n) is 24.4. The molecule has 0 radical (unpaired) electrons. The zero-order chi connectivity index (χ0) is 57.0. The third kappa shape index (κ3) is 23.9. The van der Waals surface area contributed by atoms with Crippen molar-refractivity contribution in [2.24, 2.45) is 17.2 Å². The average Bonchev–Trinajstić information content (AvgIpc) is 4.10. The quantitative estimate of drug-likeness (QED) is 0.0552. The summed E-state index contributed by atoms with van der Waals surface area (Å²) in [6.07, 6.45) is 11.3. The summed E-state index contributed by atoms with van der Waals surface area (Å²) in [6, 6.07) is -2.15. The highest BCUT2D eigenvalue weighted by Gasteiger charge is 2.44. The van der Waals surface area contributed by atoms with Crippen LogP contribution in [0.3, 0.4) is 0 Å². The minimum absolute atomic E-state index is 0.00231. The number of hydrogen-bond acceptors (Lipinski definition) is 19. The molecule has 0 aliphatic carbocycles. The summed E-state index contributed by atoms with van der Waals surface area (Å²) >= 11 is 8.90. The first-order chi connectivity index (χ1) is 34.7. The summed E-state index contributed by atoms with van der Waals surface area (Å²) in [5.74, 6) is -2.31. The molecule has 9 amide bonds. The van der Waals surface area contributed by atoms with Gasteiger partial charge in [0.2, 0.25) is 35.4 Å². The van der Waals surface area contributed by atoms with Gasteiger partial charge in [0.25, 0.3) is 15.7 Å². The van der Waals surface area contributed by atoms with Crippen molar-refractivity contribution in [3.05, 3.63) is 20.7 Å². The molecule has 420 valence electrons. The van der Waals surface area contributed by atoms with E-state index in [2.05, 4.69) is 26.6 Å². The highest BCUT2D eigenvalue weighted by Crippen LogP contribution is 2.35. The lowest BCUT2D eigenvalue weighted by atomic mass is 10.2. The molecule has 10 N–H and O–H groups in total. The molecule has 22 nitrogen and oxygen atoms in total. The van der Waals surface area contributed by atoms with E-state index < -0.39 is 42.1 Å². The van der Waals surface area contributed by atoms with Crippen LogP contribution in [0.25, 0.3) is 0 Å². The number of amidine groups is 1. The molecular formula is C46H76BrN9O13S5. The van der Waals surface area contributed by atoms with Crippen LogP contribution in [0.1, 0.15) is 151 Å². The number of rotatable bonds is 20. The van der Waals surface area contributed by atoms with Crippen molar-refractivity contribution in [2.45, 2.75) is 196 Å². The Morgan fingerprint density at radius 3 is 1.64 bits per heavy atom. The Kier molecular flexibility index (Phi) is 34.9. The van der Waals surface area contributed by atoms with Gasteiger partial charge >= 0.3 is 10.8 Å². The minimum atomic E-state index is -0.898. The number of amides is 9. The Labute approximate surface area is 463 Å². The summed E-state index contributed by atoms with van der Waals surface area (Å²) in [5, 5.41) is 20.5. The number of primary amides is 3. The number of carbonyl (C=O) groups excluding carboxylic acids is 10. The third-order valence-corrected chi connectivity index (χ3v) is 16.8. The van der Waals surface area contributed by atoms with E-state index in [1.165, 1.54) is 41.5 Å². The van der Waals surface area contributed by atoms with Gasteiger partial charge in [-0.3, -0.25) is 77.8 Å². The lowest BCUT2D eigenvalue weighted by Gasteiger charge is -2.26. The number of aryl methyl sites for hydroxylation is 1. The van der Waals surface area contributed by atoms with Gasteiger partial charge < -0.3 is 32.4 Å². The Balaban J connectivity index is 0.000000872. The molecule has 9 unspecified atom stereocenters. The van der Waals surface area contributed by atoms with E-state index in [0.29, 0.717) is 18.2 Å². The van der Waals surface area contributed by atoms with Crippen LogP contribution in [0.2, 0.25) is 0 Å². The summed E-state index contributed by atoms with van der Waals surface area (Å²) in [6.45, 7) is 18.9. The van der Waals surface area contributed by atoms with E-state index in [-0.39, 0.29) is 70.1 Å². The minimum Gasteiger partial charge on any atom is -0.465 e. The van der Waals surface area contributed by atoms with Crippen LogP contribution in [0, 0.1) is 5.41 Å². The fraction of sp³-hybridized carbons (Fsp3) is 0.696. The van der Waals surface area contributed by atoms with E-state index in [0.717, 1.165) is 121 Å². The van der Waals surface area contributed by atoms with E-state index in [4.69, 9.17) is 27.3 Å². The van der Waals surface area contributed by atoms with Crippen molar-refractivity contribution in [2.75, 3.05) is 6.61 Å². The number of hydrogen-bond donors (Lipinski definition) is 7. The second-order valence-corrected chi connectivity index (χ2v) is 23.6. The summed E-state index contributed by atoms with van der Waals surface area (Å²) in [4.78, 5) is 125. The second kappa shape index (κ2) is 36.9. The molecule has 0 aromatic carbocycles. The number of nitrogens with two attached hydrogens (primary N) is 3. The van der Waals surface area contributed by atoms with Crippen molar-refractivity contribution < 1.29 is 57.8 Å².